The summed E-state index contributed by atoms with van der Waals surface area (Å²) >= 11 is 1.54. The fourth-order valence-corrected chi connectivity index (χ4v) is 6.00. The second-order valence-electron chi connectivity index (χ2n) is 9.00. The van der Waals surface area contributed by atoms with Gasteiger partial charge in [0.1, 0.15) is 5.69 Å². The van der Waals surface area contributed by atoms with Crippen LogP contribution in [-0.4, -0.2) is 64.5 Å². The van der Waals surface area contributed by atoms with Crippen LogP contribution in [0.5, 0.6) is 0 Å². The summed E-state index contributed by atoms with van der Waals surface area (Å²) in [4.78, 5) is 30.9. The van der Waals surface area contributed by atoms with E-state index in [0.29, 0.717) is 66.5 Å². The Morgan fingerprint density at radius 1 is 1.16 bits per heavy atom. The van der Waals surface area contributed by atoms with Gasteiger partial charge in [-0.25, -0.2) is 5.01 Å². The van der Waals surface area contributed by atoms with Crippen molar-refractivity contribution < 1.29 is 14.3 Å². The van der Waals surface area contributed by atoms with Crippen LogP contribution in [0.4, 0.5) is 5.69 Å². The van der Waals surface area contributed by atoms with Crippen LogP contribution in [0.2, 0.25) is 0 Å². The molecule has 3 aromatic heterocycles. The number of hydrogen-bond donors (Lipinski definition) is 4. The average Bonchev–Trinajstić information content (AvgIpc) is 3.63. The first-order valence-electron chi connectivity index (χ1n) is 12.3. The van der Waals surface area contributed by atoms with E-state index in [9.17, 15) is 9.59 Å². The fraction of sp³-hybridized carbons (Fsp3) is 0.222. The predicted octanol–water partition coefficient (Wildman–Crippen LogP) is 3.26. The second kappa shape index (κ2) is 10.3. The number of aryl methyl sites for hydroxylation is 2. The zero-order valence-corrected chi connectivity index (χ0v) is 21.2. The Bertz CT molecular complexity index is 1520. The maximum atomic E-state index is 13.2. The molecular weight excluding hydrogens is 502 g/mol. The number of fused-ring (bicyclic) bond motifs is 3. The number of ether oxygens (including phenoxy) is 1. The molecule has 4 heterocycles. The summed E-state index contributed by atoms with van der Waals surface area (Å²) in [5.74, 6) is -0.263. The van der Waals surface area contributed by atoms with E-state index in [4.69, 9.17) is 10.1 Å². The van der Waals surface area contributed by atoms with Crippen LogP contribution in [0, 0.1) is 5.41 Å². The number of hydrogen-bond acceptors (Lipinski definition) is 8. The smallest absolute Gasteiger partial charge is 0.266 e. The van der Waals surface area contributed by atoms with Crippen molar-refractivity contribution in [1.82, 2.24) is 25.6 Å². The van der Waals surface area contributed by atoms with E-state index in [2.05, 4.69) is 25.9 Å². The highest BCUT2D eigenvalue weighted by Crippen LogP contribution is 2.45. The van der Waals surface area contributed by atoms with Crippen LogP contribution in [-0.2, 0) is 22.4 Å². The molecule has 0 unspecified atom stereocenters. The van der Waals surface area contributed by atoms with Gasteiger partial charge in [0.15, 0.2) is 0 Å². The third-order valence-electron chi connectivity index (χ3n) is 6.68. The zero-order chi connectivity index (χ0) is 26.1. The van der Waals surface area contributed by atoms with Crippen LogP contribution >= 0.6 is 11.3 Å². The van der Waals surface area contributed by atoms with Crippen molar-refractivity contribution in [3.05, 3.63) is 75.9 Å². The van der Waals surface area contributed by atoms with E-state index >= 15 is 0 Å². The molecule has 0 radical (unpaired) electrons. The standard InChI is InChI=1S/C27H25N7O3S/c28-23-21-18(5-3-6-19(21)27(36)33-34-10-12-37-13-11-34)24-22(23)25(32-31-24)26-20(30-15-35)14-17(38-26)8-7-16-4-1-2-9-29-16/h1-6,9,14-15,28H,7-8,10-13H2,(H,30,35)(H,31,32)(H,33,36). The molecule has 1 aromatic carbocycles. The quantitative estimate of drug-likeness (QED) is 0.229. The van der Waals surface area contributed by atoms with Crippen LogP contribution in [0.25, 0.3) is 21.8 Å². The number of thiophene rings is 1. The van der Waals surface area contributed by atoms with Crippen molar-refractivity contribution in [3.63, 3.8) is 0 Å². The number of amides is 2. The van der Waals surface area contributed by atoms with E-state index in [-0.39, 0.29) is 11.6 Å². The van der Waals surface area contributed by atoms with Crippen molar-refractivity contribution in [2.75, 3.05) is 31.6 Å². The zero-order valence-electron chi connectivity index (χ0n) is 20.4. The van der Waals surface area contributed by atoms with Gasteiger partial charge >= 0.3 is 0 Å². The van der Waals surface area contributed by atoms with Crippen LogP contribution in [0.3, 0.4) is 0 Å². The van der Waals surface area contributed by atoms with Gasteiger partial charge in [-0.2, -0.15) is 5.10 Å². The Morgan fingerprint density at radius 3 is 2.82 bits per heavy atom. The highest BCUT2D eigenvalue weighted by molar-refractivity contribution is 7.16. The van der Waals surface area contributed by atoms with Crippen molar-refractivity contribution in [3.8, 4) is 21.8 Å². The molecule has 0 atom stereocenters. The van der Waals surface area contributed by atoms with Crippen molar-refractivity contribution >= 4 is 35.1 Å². The minimum atomic E-state index is -0.263. The van der Waals surface area contributed by atoms with Gasteiger partial charge in [-0.05, 0) is 37.1 Å². The first-order chi connectivity index (χ1) is 18.6. The number of anilines is 1. The Labute approximate surface area is 222 Å². The number of benzene rings is 1. The normalized spacial score (nSPS) is 14.7. The lowest BCUT2D eigenvalue weighted by atomic mass is 10.00. The number of nitrogens with one attached hydrogen (secondary N) is 4. The van der Waals surface area contributed by atoms with Gasteiger partial charge in [0.2, 0.25) is 6.41 Å². The molecule has 0 spiro atoms. The molecule has 1 fully saturated rings. The molecule has 1 aliphatic carbocycles. The molecule has 11 heteroatoms. The van der Waals surface area contributed by atoms with Crippen molar-refractivity contribution in [2.45, 2.75) is 12.8 Å². The molecule has 4 N–H and O–H groups in total. The molecule has 2 aliphatic rings. The third kappa shape index (κ3) is 4.40. The number of pyridine rings is 1. The highest BCUT2D eigenvalue weighted by Gasteiger charge is 2.35. The van der Waals surface area contributed by atoms with Crippen LogP contribution < -0.4 is 10.7 Å². The number of aromatic nitrogens is 3. The lowest BCUT2D eigenvalue weighted by molar-refractivity contribution is -0.105. The summed E-state index contributed by atoms with van der Waals surface area (Å²) in [5.41, 5.74) is 8.45. The maximum Gasteiger partial charge on any atom is 0.266 e. The number of morpholine rings is 1. The van der Waals surface area contributed by atoms with Gasteiger partial charge in [-0.1, -0.05) is 18.2 Å². The summed E-state index contributed by atoms with van der Waals surface area (Å²) in [6.45, 7) is 2.34. The summed E-state index contributed by atoms with van der Waals surface area (Å²) in [5, 5.41) is 21.4. The molecule has 10 nitrogen and oxygen atoms in total. The monoisotopic (exact) mass is 527 g/mol. The minimum absolute atomic E-state index is 0.229. The summed E-state index contributed by atoms with van der Waals surface area (Å²) in [7, 11) is 0. The van der Waals surface area contributed by atoms with Crippen molar-refractivity contribution in [1.29, 1.82) is 5.41 Å². The molecule has 2 amide bonds. The number of rotatable bonds is 8. The number of carbonyl (C=O) groups excluding carboxylic acids is 2. The number of aromatic amines is 1. The molecule has 192 valence electrons. The lowest BCUT2D eigenvalue weighted by Gasteiger charge is -2.27. The van der Waals surface area contributed by atoms with Gasteiger partial charge in [0.25, 0.3) is 5.91 Å². The summed E-state index contributed by atoms with van der Waals surface area (Å²) in [6.07, 6.45) is 3.96. The molecule has 38 heavy (non-hydrogen) atoms. The Balaban J connectivity index is 1.31. The Morgan fingerprint density at radius 2 is 2.03 bits per heavy atom. The Hall–Kier alpha value is -4.19. The minimum Gasteiger partial charge on any atom is -0.379 e. The van der Waals surface area contributed by atoms with E-state index in [1.807, 2.05) is 41.4 Å². The number of H-pyrrole nitrogens is 1. The van der Waals surface area contributed by atoms with Gasteiger partial charge in [-0.15, -0.1) is 11.3 Å². The van der Waals surface area contributed by atoms with Crippen LogP contribution in [0.1, 0.15) is 32.1 Å². The second-order valence-corrected chi connectivity index (χ2v) is 10.1. The predicted molar refractivity (Wildman–Crippen MR) is 144 cm³/mol. The maximum absolute atomic E-state index is 13.2. The number of hydrazine groups is 1. The molecule has 6 rings (SSSR count). The van der Waals surface area contributed by atoms with Gasteiger partial charge < -0.3 is 10.1 Å². The SMILES string of the molecule is N=C1c2c(C(=O)NN3CCOCC3)cccc2-c2n[nH]c(-c3sc(CCc4ccccn4)cc3NC=O)c21. The number of nitrogens with zero attached hydrogens (tertiary/aromatic N) is 3. The molecule has 0 saturated carbocycles. The fourth-order valence-electron chi connectivity index (χ4n) is 4.88. The average molecular weight is 528 g/mol. The summed E-state index contributed by atoms with van der Waals surface area (Å²) in [6, 6.07) is 13.2. The Kier molecular flexibility index (Phi) is 6.54. The molecule has 0 bridgehead atoms. The molecule has 1 saturated heterocycles. The summed E-state index contributed by atoms with van der Waals surface area (Å²) < 4.78 is 5.36. The molecule has 1 aliphatic heterocycles. The van der Waals surface area contributed by atoms with E-state index < -0.39 is 0 Å². The molecular formula is C27H25N7O3S. The topological polar surface area (TPSA) is 136 Å². The van der Waals surface area contributed by atoms with Gasteiger partial charge in [0.05, 0.1) is 46.3 Å². The largest absolute Gasteiger partial charge is 0.379 e. The van der Waals surface area contributed by atoms with Crippen LogP contribution in [0.15, 0.2) is 48.7 Å². The first-order valence-corrected chi connectivity index (χ1v) is 13.1. The van der Waals surface area contributed by atoms with E-state index in [1.54, 1.807) is 23.6 Å². The molecule has 4 aromatic rings. The van der Waals surface area contributed by atoms with E-state index in [1.165, 1.54) is 0 Å². The van der Waals surface area contributed by atoms with Crippen molar-refractivity contribution in [2.24, 2.45) is 0 Å². The van der Waals surface area contributed by atoms with E-state index in [0.717, 1.165) is 33.9 Å². The van der Waals surface area contributed by atoms with Gasteiger partial charge in [-0.3, -0.25) is 30.5 Å². The van der Waals surface area contributed by atoms with Gasteiger partial charge in [0, 0.05) is 41.0 Å². The third-order valence-corrected chi connectivity index (χ3v) is 7.89. The highest BCUT2D eigenvalue weighted by atomic mass is 32.1. The first kappa shape index (κ1) is 24.2. The lowest BCUT2D eigenvalue weighted by Crippen LogP contribution is -2.48. The number of carbonyl (C=O) groups is 2.